The summed E-state index contributed by atoms with van der Waals surface area (Å²) in [6.07, 6.45) is 2.19. The summed E-state index contributed by atoms with van der Waals surface area (Å²) in [5, 5.41) is 0. The number of benzene rings is 2. The fourth-order valence-electron chi connectivity index (χ4n) is 4.81. The first-order valence-corrected chi connectivity index (χ1v) is 9.35. The molecule has 0 aliphatic heterocycles. The molecule has 1 saturated carbocycles. The predicted molar refractivity (Wildman–Crippen MR) is 105 cm³/mol. The van der Waals surface area contributed by atoms with Crippen LogP contribution in [-0.4, -0.2) is 40.6 Å². The Morgan fingerprint density at radius 2 is 1.15 bits per heavy atom. The Labute approximate surface area is 157 Å². The van der Waals surface area contributed by atoms with Crippen LogP contribution in [0.1, 0.15) is 35.8 Å². The van der Waals surface area contributed by atoms with Crippen LogP contribution in [0.4, 0.5) is 0 Å². The van der Waals surface area contributed by atoms with Crippen molar-refractivity contribution in [3.8, 4) is 0 Å². The van der Waals surface area contributed by atoms with Crippen LogP contribution in [0.3, 0.4) is 0 Å². The summed E-state index contributed by atoms with van der Waals surface area (Å²) in [6.45, 7) is 1.33. The van der Waals surface area contributed by atoms with Gasteiger partial charge in [-0.05, 0) is 35.8 Å². The largest absolute Gasteiger partial charge is 0.384 e. The summed E-state index contributed by atoms with van der Waals surface area (Å²) in [6, 6.07) is 21.5. The fraction of sp³-hybridized carbons (Fsp3) is 0.478. The van der Waals surface area contributed by atoms with Crippen molar-refractivity contribution in [2.75, 3.05) is 34.5 Å². The molecule has 0 bridgehead atoms. The zero-order valence-electron chi connectivity index (χ0n) is 16.1. The van der Waals surface area contributed by atoms with Crippen molar-refractivity contribution in [2.45, 2.75) is 30.8 Å². The lowest BCUT2D eigenvalue weighted by molar-refractivity contribution is -0.0779. The quantitative estimate of drug-likeness (QED) is 0.725. The molecule has 0 N–H and O–H groups in total. The molecule has 0 spiro atoms. The van der Waals surface area contributed by atoms with Crippen LogP contribution in [-0.2, 0) is 14.2 Å². The molecule has 140 valence electrons. The van der Waals surface area contributed by atoms with Crippen LogP contribution >= 0.6 is 0 Å². The van der Waals surface area contributed by atoms with Crippen LogP contribution < -0.4 is 0 Å². The Morgan fingerprint density at radius 3 is 1.50 bits per heavy atom. The van der Waals surface area contributed by atoms with Gasteiger partial charge in [-0.2, -0.15) is 0 Å². The average molecular weight is 354 g/mol. The molecular formula is C23H30O3. The van der Waals surface area contributed by atoms with E-state index in [9.17, 15) is 0 Å². The Hall–Kier alpha value is -1.68. The zero-order chi connectivity index (χ0) is 18.4. The normalized spacial score (nSPS) is 25.1. The van der Waals surface area contributed by atoms with Crippen LogP contribution in [0, 0.1) is 5.41 Å². The third-order valence-electron chi connectivity index (χ3n) is 5.95. The van der Waals surface area contributed by atoms with E-state index in [0.29, 0.717) is 25.0 Å². The van der Waals surface area contributed by atoms with Gasteiger partial charge in [0.15, 0.2) is 0 Å². The van der Waals surface area contributed by atoms with E-state index < -0.39 is 0 Å². The molecule has 1 unspecified atom stereocenters. The highest BCUT2D eigenvalue weighted by molar-refractivity contribution is 5.31. The van der Waals surface area contributed by atoms with Crippen LogP contribution in [0.15, 0.2) is 60.7 Å². The molecule has 0 aromatic heterocycles. The molecule has 0 heterocycles. The Morgan fingerprint density at radius 1 is 0.731 bits per heavy atom. The molecule has 0 amide bonds. The highest BCUT2D eigenvalue weighted by atomic mass is 16.5. The van der Waals surface area contributed by atoms with Gasteiger partial charge in [-0.1, -0.05) is 60.7 Å². The second-order valence-corrected chi connectivity index (χ2v) is 7.35. The molecular weight excluding hydrogens is 324 g/mol. The maximum atomic E-state index is 5.86. The predicted octanol–water partition coefficient (Wildman–Crippen LogP) is 4.64. The highest BCUT2D eigenvalue weighted by Crippen LogP contribution is 2.55. The lowest BCUT2D eigenvalue weighted by Crippen LogP contribution is -2.49. The lowest BCUT2D eigenvalue weighted by atomic mass is 9.56. The van der Waals surface area contributed by atoms with E-state index in [2.05, 4.69) is 60.7 Å². The summed E-state index contributed by atoms with van der Waals surface area (Å²) in [7, 11) is 5.42. The maximum absolute atomic E-state index is 5.86. The van der Waals surface area contributed by atoms with Crippen LogP contribution in [0.5, 0.6) is 0 Å². The molecule has 2 aromatic carbocycles. The van der Waals surface area contributed by atoms with Gasteiger partial charge < -0.3 is 14.2 Å². The molecule has 3 atom stereocenters. The standard InChI is InChI=1S/C23H30O3/c1-24-16-23(17-25-2)21(18-10-6-4-7-11-18)14-20(26-3)15-22(23)19-12-8-5-9-13-19/h4-13,20-22H,14-17H2,1-3H3/t20?,21-,22+. The van der Waals surface area contributed by atoms with E-state index in [1.165, 1.54) is 11.1 Å². The Bertz CT molecular complexity index is 598. The molecule has 1 aliphatic carbocycles. The molecule has 26 heavy (non-hydrogen) atoms. The van der Waals surface area contributed by atoms with Gasteiger partial charge in [0.25, 0.3) is 0 Å². The second kappa shape index (κ2) is 8.81. The monoisotopic (exact) mass is 354 g/mol. The van der Waals surface area contributed by atoms with E-state index in [4.69, 9.17) is 14.2 Å². The third kappa shape index (κ3) is 3.71. The van der Waals surface area contributed by atoms with Crippen molar-refractivity contribution in [3.05, 3.63) is 71.8 Å². The fourth-order valence-corrected chi connectivity index (χ4v) is 4.81. The maximum Gasteiger partial charge on any atom is 0.0583 e. The third-order valence-corrected chi connectivity index (χ3v) is 5.95. The zero-order valence-corrected chi connectivity index (χ0v) is 16.1. The summed E-state index contributed by atoms with van der Waals surface area (Å²) < 4.78 is 17.4. The SMILES string of the molecule is COCC1(COC)[C@@H](c2ccccc2)CC(OC)C[C@H]1c1ccccc1. The first-order chi connectivity index (χ1) is 12.7. The molecule has 1 aliphatic rings. The van der Waals surface area contributed by atoms with E-state index in [0.717, 1.165) is 12.8 Å². The molecule has 1 fully saturated rings. The number of ether oxygens (including phenoxy) is 3. The molecule has 2 aromatic rings. The van der Waals surface area contributed by atoms with Gasteiger partial charge in [0.2, 0.25) is 0 Å². The minimum Gasteiger partial charge on any atom is -0.384 e. The molecule has 0 radical (unpaired) electrons. The Balaban J connectivity index is 2.12. The molecule has 3 heteroatoms. The van der Waals surface area contributed by atoms with Crippen molar-refractivity contribution >= 4 is 0 Å². The van der Waals surface area contributed by atoms with Gasteiger partial charge in [0.1, 0.15) is 0 Å². The summed E-state index contributed by atoms with van der Waals surface area (Å²) >= 11 is 0. The summed E-state index contributed by atoms with van der Waals surface area (Å²) in [4.78, 5) is 0. The number of hydrogen-bond acceptors (Lipinski definition) is 3. The smallest absolute Gasteiger partial charge is 0.0583 e. The lowest BCUT2D eigenvalue weighted by Gasteiger charge is -2.51. The Kier molecular flexibility index (Phi) is 6.47. The van der Waals surface area contributed by atoms with Gasteiger partial charge in [-0.25, -0.2) is 0 Å². The number of rotatable bonds is 7. The molecule has 3 rings (SSSR count). The minimum absolute atomic E-state index is 0.124. The summed E-state index contributed by atoms with van der Waals surface area (Å²) in [5.74, 6) is 0.625. The van der Waals surface area contributed by atoms with E-state index >= 15 is 0 Å². The van der Waals surface area contributed by atoms with Crippen molar-refractivity contribution in [2.24, 2.45) is 5.41 Å². The van der Waals surface area contributed by atoms with Gasteiger partial charge in [0, 0.05) is 26.7 Å². The second-order valence-electron chi connectivity index (χ2n) is 7.35. The van der Waals surface area contributed by atoms with E-state index in [1.807, 2.05) is 7.11 Å². The summed E-state index contributed by atoms with van der Waals surface area (Å²) in [5.41, 5.74) is 2.55. The first-order valence-electron chi connectivity index (χ1n) is 9.35. The number of methoxy groups -OCH3 is 3. The van der Waals surface area contributed by atoms with Crippen LogP contribution in [0.2, 0.25) is 0 Å². The highest BCUT2D eigenvalue weighted by Gasteiger charge is 2.51. The average Bonchev–Trinajstić information content (AvgIpc) is 2.70. The van der Waals surface area contributed by atoms with Gasteiger partial charge in [-0.3, -0.25) is 0 Å². The van der Waals surface area contributed by atoms with Crippen molar-refractivity contribution in [1.82, 2.24) is 0 Å². The van der Waals surface area contributed by atoms with Gasteiger partial charge in [0.05, 0.1) is 19.3 Å². The van der Waals surface area contributed by atoms with E-state index in [1.54, 1.807) is 14.2 Å². The van der Waals surface area contributed by atoms with Crippen molar-refractivity contribution < 1.29 is 14.2 Å². The van der Waals surface area contributed by atoms with Crippen molar-refractivity contribution in [3.63, 3.8) is 0 Å². The first kappa shape index (κ1) is 19.1. The minimum atomic E-state index is -0.124. The van der Waals surface area contributed by atoms with Gasteiger partial charge >= 0.3 is 0 Å². The topological polar surface area (TPSA) is 27.7 Å². The van der Waals surface area contributed by atoms with Crippen molar-refractivity contribution in [1.29, 1.82) is 0 Å². The number of hydrogen-bond donors (Lipinski definition) is 0. The van der Waals surface area contributed by atoms with E-state index in [-0.39, 0.29) is 11.5 Å². The molecule has 0 saturated heterocycles. The van der Waals surface area contributed by atoms with Gasteiger partial charge in [-0.15, -0.1) is 0 Å². The van der Waals surface area contributed by atoms with Crippen LogP contribution in [0.25, 0.3) is 0 Å². The molecule has 3 nitrogen and oxygen atoms in total.